The summed E-state index contributed by atoms with van der Waals surface area (Å²) >= 11 is 0. The van der Waals surface area contributed by atoms with Gasteiger partial charge in [0.2, 0.25) is 0 Å². The number of ether oxygens (including phenoxy) is 3. The highest BCUT2D eigenvalue weighted by molar-refractivity contribution is 5.67. The van der Waals surface area contributed by atoms with Crippen LogP contribution in [0.4, 0.5) is 0 Å². The van der Waals surface area contributed by atoms with Crippen LogP contribution in [0.15, 0.2) is 18.2 Å². The quantitative estimate of drug-likeness (QED) is 0.855. The molecule has 0 radical (unpaired) electrons. The maximum Gasteiger partial charge on any atom is 0.306 e. The molecule has 1 saturated heterocycles. The van der Waals surface area contributed by atoms with E-state index in [1.54, 1.807) is 14.2 Å². The first kappa shape index (κ1) is 15.6. The summed E-state index contributed by atoms with van der Waals surface area (Å²) in [7, 11) is 3.26. The predicted molar refractivity (Wildman–Crippen MR) is 76.8 cm³/mol. The first-order valence-electron chi connectivity index (χ1n) is 6.89. The van der Waals surface area contributed by atoms with Gasteiger partial charge in [0, 0.05) is 25.2 Å². The number of carboxylic acids is 1. The second-order valence-corrected chi connectivity index (χ2v) is 5.00. The Balaban J connectivity index is 2.04. The van der Waals surface area contributed by atoms with Crippen molar-refractivity contribution in [2.24, 2.45) is 0 Å². The average Bonchev–Trinajstić information content (AvgIpc) is 2.47. The molecule has 0 amide bonds. The van der Waals surface area contributed by atoms with Crippen molar-refractivity contribution in [3.05, 3.63) is 23.8 Å². The Kier molecular flexibility index (Phi) is 5.41. The van der Waals surface area contributed by atoms with Crippen LogP contribution in [0.25, 0.3) is 0 Å². The number of carbonyl (C=O) groups is 1. The molecule has 0 aromatic heterocycles. The highest BCUT2D eigenvalue weighted by Gasteiger charge is 2.23. The Labute approximate surface area is 124 Å². The van der Waals surface area contributed by atoms with E-state index in [4.69, 9.17) is 19.3 Å². The molecule has 6 nitrogen and oxygen atoms in total. The zero-order valence-corrected chi connectivity index (χ0v) is 12.4. The fourth-order valence-electron chi connectivity index (χ4n) is 2.49. The molecule has 1 fully saturated rings. The van der Waals surface area contributed by atoms with Gasteiger partial charge in [0.05, 0.1) is 33.4 Å². The maximum absolute atomic E-state index is 10.8. The lowest BCUT2D eigenvalue weighted by Gasteiger charge is -2.32. The van der Waals surface area contributed by atoms with Gasteiger partial charge >= 0.3 is 5.97 Å². The van der Waals surface area contributed by atoms with Gasteiger partial charge in [-0.25, -0.2) is 0 Å². The van der Waals surface area contributed by atoms with E-state index in [0.29, 0.717) is 19.7 Å². The maximum atomic E-state index is 10.8. The Bertz CT molecular complexity index is 491. The number of aliphatic carboxylic acids is 1. The topological polar surface area (TPSA) is 68.2 Å². The summed E-state index contributed by atoms with van der Waals surface area (Å²) in [5, 5.41) is 8.86. The highest BCUT2D eigenvalue weighted by atomic mass is 16.5. The lowest BCUT2D eigenvalue weighted by molar-refractivity contribution is -0.142. The third kappa shape index (κ3) is 4.34. The molecule has 0 saturated carbocycles. The third-order valence-electron chi connectivity index (χ3n) is 3.51. The minimum absolute atomic E-state index is 0.0335. The molecule has 21 heavy (non-hydrogen) atoms. The van der Waals surface area contributed by atoms with Gasteiger partial charge in [-0.2, -0.15) is 0 Å². The highest BCUT2D eigenvalue weighted by Crippen LogP contribution is 2.26. The van der Waals surface area contributed by atoms with E-state index in [1.165, 1.54) is 0 Å². The van der Waals surface area contributed by atoms with Gasteiger partial charge in [0.15, 0.2) is 0 Å². The number of nitrogens with zero attached hydrogens (tertiary/aromatic N) is 1. The molecule has 1 heterocycles. The van der Waals surface area contributed by atoms with Gasteiger partial charge in [-0.1, -0.05) is 0 Å². The fraction of sp³-hybridized carbons (Fsp3) is 0.533. The Morgan fingerprint density at radius 3 is 2.90 bits per heavy atom. The minimum Gasteiger partial charge on any atom is -0.497 e. The number of carboxylic acid groups (broad SMARTS) is 1. The van der Waals surface area contributed by atoms with Crippen molar-refractivity contribution in [2.45, 2.75) is 19.1 Å². The minimum atomic E-state index is -0.833. The molecule has 0 spiro atoms. The number of benzene rings is 1. The molecule has 0 aliphatic carbocycles. The molecular formula is C15H21NO5. The van der Waals surface area contributed by atoms with Crippen LogP contribution < -0.4 is 9.47 Å². The van der Waals surface area contributed by atoms with Crippen LogP contribution in [0.2, 0.25) is 0 Å². The summed E-state index contributed by atoms with van der Waals surface area (Å²) in [4.78, 5) is 13.0. The first-order valence-corrected chi connectivity index (χ1v) is 6.89. The van der Waals surface area contributed by atoms with E-state index in [2.05, 4.69) is 4.90 Å². The van der Waals surface area contributed by atoms with Crippen LogP contribution in [-0.4, -0.2) is 56.0 Å². The van der Waals surface area contributed by atoms with E-state index in [9.17, 15) is 4.79 Å². The molecule has 0 bridgehead atoms. The van der Waals surface area contributed by atoms with Gasteiger partial charge in [0.1, 0.15) is 11.5 Å². The third-order valence-corrected chi connectivity index (χ3v) is 3.51. The van der Waals surface area contributed by atoms with Crippen molar-refractivity contribution in [2.75, 3.05) is 33.9 Å². The Hall–Kier alpha value is -1.79. The van der Waals surface area contributed by atoms with E-state index in [0.717, 1.165) is 23.6 Å². The SMILES string of the molecule is COc1ccc(OC)c(CN2CCOC(CC(=O)O)C2)c1. The zero-order chi connectivity index (χ0) is 15.2. The van der Waals surface area contributed by atoms with E-state index >= 15 is 0 Å². The second kappa shape index (κ2) is 7.28. The van der Waals surface area contributed by atoms with Gasteiger partial charge in [0.25, 0.3) is 0 Å². The van der Waals surface area contributed by atoms with Crippen molar-refractivity contribution < 1.29 is 24.1 Å². The molecule has 1 atom stereocenters. The van der Waals surface area contributed by atoms with Crippen molar-refractivity contribution >= 4 is 5.97 Å². The van der Waals surface area contributed by atoms with Crippen LogP contribution in [0, 0.1) is 0 Å². The van der Waals surface area contributed by atoms with Crippen molar-refractivity contribution in [1.82, 2.24) is 4.90 Å². The van der Waals surface area contributed by atoms with Crippen LogP contribution in [-0.2, 0) is 16.1 Å². The summed E-state index contributed by atoms with van der Waals surface area (Å²) in [6.45, 7) is 2.60. The molecule has 1 unspecified atom stereocenters. The number of hydrogen-bond acceptors (Lipinski definition) is 5. The van der Waals surface area contributed by atoms with Crippen molar-refractivity contribution in [3.8, 4) is 11.5 Å². The molecule has 1 aliphatic rings. The number of rotatable bonds is 6. The van der Waals surface area contributed by atoms with Crippen LogP contribution in [0.5, 0.6) is 11.5 Å². The molecule has 1 N–H and O–H groups in total. The monoisotopic (exact) mass is 295 g/mol. The number of methoxy groups -OCH3 is 2. The summed E-state index contributed by atoms with van der Waals surface area (Å²) in [6.07, 6.45) is -0.223. The number of morpholine rings is 1. The van der Waals surface area contributed by atoms with Gasteiger partial charge in [-0.05, 0) is 18.2 Å². The molecule has 116 valence electrons. The van der Waals surface area contributed by atoms with Crippen LogP contribution in [0.3, 0.4) is 0 Å². The van der Waals surface area contributed by atoms with Crippen LogP contribution in [0.1, 0.15) is 12.0 Å². The standard InChI is InChI=1S/C15H21NO5/c1-19-12-3-4-14(20-2)11(7-12)9-16-5-6-21-13(10-16)8-15(17)18/h3-4,7,13H,5-6,8-10H2,1-2H3,(H,17,18). The van der Waals surface area contributed by atoms with Crippen LogP contribution >= 0.6 is 0 Å². The van der Waals surface area contributed by atoms with Gasteiger partial charge in [-0.15, -0.1) is 0 Å². The molecular weight excluding hydrogens is 274 g/mol. The molecule has 1 aliphatic heterocycles. The lowest BCUT2D eigenvalue weighted by atomic mass is 10.1. The molecule has 2 rings (SSSR count). The zero-order valence-electron chi connectivity index (χ0n) is 12.4. The van der Waals surface area contributed by atoms with E-state index in [1.807, 2.05) is 18.2 Å². The smallest absolute Gasteiger partial charge is 0.306 e. The summed E-state index contributed by atoms with van der Waals surface area (Å²) in [5.41, 5.74) is 1.02. The average molecular weight is 295 g/mol. The van der Waals surface area contributed by atoms with Gasteiger partial charge in [-0.3, -0.25) is 9.69 Å². The summed E-state index contributed by atoms with van der Waals surface area (Å²) in [5.74, 6) is 0.749. The fourth-order valence-corrected chi connectivity index (χ4v) is 2.49. The summed E-state index contributed by atoms with van der Waals surface area (Å²) in [6, 6.07) is 5.68. The number of hydrogen-bond donors (Lipinski definition) is 1. The normalized spacial score (nSPS) is 19.2. The first-order chi connectivity index (χ1) is 10.1. The van der Waals surface area contributed by atoms with Crippen molar-refractivity contribution in [3.63, 3.8) is 0 Å². The van der Waals surface area contributed by atoms with Gasteiger partial charge < -0.3 is 19.3 Å². The van der Waals surface area contributed by atoms with Crippen molar-refractivity contribution in [1.29, 1.82) is 0 Å². The molecule has 1 aromatic carbocycles. The second-order valence-electron chi connectivity index (χ2n) is 5.00. The Morgan fingerprint density at radius 2 is 2.24 bits per heavy atom. The molecule has 6 heteroatoms. The van der Waals surface area contributed by atoms with E-state index in [-0.39, 0.29) is 12.5 Å². The molecule has 1 aromatic rings. The summed E-state index contributed by atoms with van der Waals surface area (Å²) < 4.78 is 16.1. The van der Waals surface area contributed by atoms with E-state index < -0.39 is 5.97 Å². The lowest BCUT2D eigenvalue weighted by Crippen LogP contribution is -2.42. The predicted octanol–water partition coefficient (Wildman–Crippen LogP) is 1.38. The largest absolute Gasteiger partial charge is 0.497 e. The Morgan fingerprint density at radius 1 is 1.43 bits per heavy atom.